The quantitative estimate of drug-likeness (QED) is 0.563. The Bertz CT molecular complexity index is 351. The van der Waals surface area contributed by atoms with E-state index >= 15 is 0 Å². The molecular formula is C11H15NO3. The second-order valence-corrected chi connectivity index (χ2v) is 3.57. The molecular weight excluding hydrogens is 194 g/mol. The Labute approximate surface area is 89.0 Å². The highest BCUT2D eigenvalue weighted by atomic mass is 16.6. The normalized spacial score (nSPS) is 10.1. The highest BCUT2D eigenvalue weighted by Crippen LogP contribution is 2.24. The molecule has 0 aliphatic rings. The van der Waals surface area contributed by atoms with E-state index in [0.717, 1.165) is 22.4 Å². The van der Waals surface area contributed by atoms with Crippen molar-refractivity contribution >= 4 is 0 Å². The van der Waals surface area contributed by atoms with Gasteiger partial charge < -0.3 is 4.74 Å². The standard InChI is InChI=1S/C11H15NO3/c1-8-6-10(4-5-12(13)14)7-9(2)11(8)15-3/h6-7H,4-5H2,1-3H3. The summed E-state index contributed by atoms with van der Waals surface area (Å²) in [6.45, 7) is 3.87. The molecule has 82 valence electrons. The van der Waals surface area contributed by atoms with Crippen LogP contribution < -0.4 is 4.74 Å². The monoisotopic (exact) mass is 209 g/mol. The molecule has 1 aromatic carbocycles. The summed E-state index contributed by atoms with van der Waals surface area (Å²) in [6, 6.07) is 3.88. The second kappa shape index (κ2) is 4.77. The summed E-state index contributed by atoms with van der Waals surface area (Å²) in [4.78, 5) is 9.95. The van der Waals surface area contributed by atoms with E-state index in [9.17, 15) is 10.1 Å². The van der Waals surface area contributed by atoms with Gasteiger partial charge in [-0.05, 0) is 30.5 Å². The number of nitrogens with zero attached hydrogens (tertiary/aromatic N) is 1. The van der Waals surface area contributed by atoms with Crippen molar-refractivity contribution in [2.75, 3.05) is 13.7 Å². The average Bonchev–Trinajstić information content (AvgIpc) is 2.14. The van der Waals surface area contributed by atoms with Crippen LogP contribution in [0.5, 0.6) is 5.75 Å². The Balaban J connectivity index is 2.88. The highest BCUT2D eigenvalue weighted by molar-refractivity contribution is 5.43. The van der Waals surface area contributed by atoms with Crippen LogP contribution >= 0.6 is 0 Å². The first-order valence-corrected chi connectivity index (χ1v) is 4.80. The largest absolute Gasteiger partial charge is 0.496 e. The van der Waals surface area contributed by atoms with Gasteiger partial charge in [-0.2, -0.15) is 0 Å². The van der Waals surface area contributed by atoms with E-state index in [-0.39, 0.29) is 11.5 Å². The number of benzene rings is 1. The topological polar surface area (TPSA) is 52.4 Å². The molecule has 0 atom stereocenters. The Hall–Kier alpha value is -1.58. The number of nitro groups is 1. The van der Waals surface area contributed by atoms with Crippen LogP contribution in [-0.4, -0.2) is 18.6 Å². The molecule has 0 N–H and O–H groups in total. The summed E-state index contributed by atoms with van der Waals surface area (Å²) < 4.78 is 5.22. The average molecular weight is 209 g/mol. The molecule has 0 aromatic heterocycles. The summed E-state index contributed by atoms with van der Waals surface area (Å²) in [6.07, 6.45) is 0.471. The number of ether oxygens (including phenoxy) is 1. The Morgan fingerprint density at radius 1 is 1.33 bits per heavy atom. The Kier molecular flexibility index (Phi) is 3.66. The summed E-state index contributed by atoms with van der Waals surface area (Å²) in [7, 11) is 1.63. The van der Waals surface area contributed by atoms with Crippen molar-refractivity contribution in [1.82, 2.24) is 0 Å². The number of hydrogen-bond acceptors (Lipinski definition) is 3. The van der Waals surface area contributed by atoms with E-state index in [1.165, 1.54) is 0 Å². The lowest BCUT2D eigenvalue weighted by molar-refractivity contribution is -0.479. The van der Waals surface area contributed by atoms with Crippen molar-refractivity contribution < 1.29 is 9.66 Å². The zero-order chi connectivity index (χ0) is 11.4. The fourth-order valence-corrected chi connectivity index (χ4v) is 1.73. The van der Waals surface area contributed by atoms with Crippen molar-refractivity contribution in [3.8, 4) is 5.75 Å². The van der Waals surface area contributed by atoms with Gasteiger partial charge >= 0.3 is 0 Å². The third-order valence-corrected chi connectivity index (χ3v) is 2.31. The van der Waals surface area contributed by atoms with Crippen molar-refractivity contribution in [2.45, 2.75) is 20.3 Å². The number of hydrogen-bond donors (Lipinski definition) is 0. The van der Waals surface area contributed by atoms with Gasteiger partial charge in [0.1, 0.15) is 5.75 Å². The van der Waals surface area contributed by atoms with Crippen LogP contribution in [0.4, 0.5) is 0 Å². The van der Waals surface area contributed by atoms with Gasteiger partial charge in [-0.15, -0.1) is 0 Å². The summed E-state index contributed by atoms with van der Waals surface area (Å²) in [5, 5.41) is 10.2. The molecule has 0 heterocycles. The van der Waals surface area contributed by atoms with Gasteiger partial charge in [-0.25, -0.2) is 0 Å². The minimum absolute atomic E-state index is 0.0226. The van der Waals surface area contributed by atoms with Gasteiger partial charge in [0.2, 0.25) is 6.54 Å². The molecule has 0 aliphatic carbocycles. The zero-order valence-corrected chi connectivity index (χ0v) is 9.24. The fourth-order valence-electron chi connectivity index (χ4n) is 1.73. The van der Waals surface area contributed by atoms with Crippen LogP contribution in [0.1, 0.15) is 16.7 Å². The summed E-state index contributed by atoms with van der Waals surface area (Å²) in [5.41, 5.74) is 3.04. The molecule has 4 nitrogen and oxygen atoms in total. The van der Waals surface area contributed by atoms with Crippen LogP contribution in [0.2, 0.25) is 0 Å². The number of rotatable bonds is 4. The SMILES string of the molecule is COc1c(C)cc(CC[N+](=O)[O-])cc1C. The van der Waals surface area contributed by atoms with Gasteiger partial charge in [-0.3, -0.25) is 10.1 Å². The van der Waals surface area contributed by atoms with Gasteiger partial charge in [0.05, 0.1) is 7.11 Å². The molecule has 0 aliphatic heterocycles. The van der Waals surface area contributed by atoms with Crippen LogP contribution in [0.3, 0.4) is 0 Å². The van der Waals surface area contributed by atoms with Gasteiger partial charge in [0.25, 0.3) is 0 Å². The predicted octanol–water partition coefficient (Wildman–Crippen LogP) is 2.13. The molecule has 0 fully saturated rings. The van der Waals surface area contributed by atoms with Gasteiger partial charge in [0.15, 0.2) is 0 Å². The molecule has 0 saturated heterocycles. The minimum Gasteiger partial charge on any atom is -0.496 e. The van der Waals surface area contributed by atoms with Crippen molar-refractivity contribution in [3.63, 3.8) is 0 Å². The lowest BCUT2D eigenvalue weighted by Gasteiger charge is -2.10. The van der Waals surface area contributed by atoms with E-state index < -0.39 is 0 Å². The predicted molar refractivity (Wildman–Crippen MR) is 58.0 cm³/mol. The van der Waals surface area contributed by atoms with Crippen molar-refractivity contribution in [3.05, 3.63) is 38.9 Å². The third kappa shape index (κ3) is 2.94. The highest BCUT2D eigenvalue weighted by Gasteiger charge is 2.06. The van der Waals surface area contributed by atoms with Crippen LogP contribution in [0.25, 0.3) is 0 Å². The van der Waals surface area contributed by atoms with E-state index in [4.69, 9.17) is 4.74 Å². The smallest absolute Gasteiger partial charge is 0.207 e. The molecule has 0 spiro atoms. The molecule has 15 heavy (non-hydrogen) atoms. The molecule has 0 saturated carbocycles. The first kappa shape index (κ1) is 11.5. The second-order valence-electron chi connectivity index (χ2n) is 3.57. The maximum absolute atomic E-state index is 10.2. The lowest BCUT2D eigenvalue weighted by Crippen LogP contribution is -2.04. The van der Waals surface area contributed by atoms with Crippen molar-refractivity contribution in [1.29, 1.82) is 0 Å². The van der Waals surface area contributed by atoms with Gasteiger partial charge in [0, 0.05) is 11.3 Å². The first-order chi connectivity index (χ1) is 7.04. The maximum Gasteiger partial charge on any atom is 0.207 e. The summed E-state index contributed by atoms with van der Waals surface area (Å²) in [5.74, 6) is 0.861. The van der Waals surface area contributed by atoms with Crippen LogP contribution in [-0.2, 0) is 6.42 Å². The maximum atomic E-state index is 10.2. The number of methoxy groups -OCH3 is 1. The fraction of sp³-hybridized carbons (Fsp3) is 0.455. The summed E-state index contributed by atoms with van der Waals surface area (Å²) >= 11 is 0. The molecule has 4 heteroatoms. The molecule has 1 rings (SSSR count). The van der Waals surface area contributed by atoms with Gasteiger partial charge in [-0.1, -0.05) is 12.1 Å². The Morgan fingerprint density at radius 3 is 2.27 bits per heavy atom. The third-order valence-electron chi connectivity index (χ3n) is 2.31. The first-order valence-electron chi connectivity index (χ1n) is 4.80. The molecule has 0 unspecified atom stereocenters. The van der Waals surface area contributed by atoms with Crippen molar-refractivity contribution in [2.24, 2.45) is 0 Å². The van der Waals surface area contributed by atoms with Crippen LogP contribution in [0.15, 0.2) is 12.1 Å². The van der Waals surface area contributed by atoms with E-state index in [2.05, 4.69) is 0 Å². The Morgan fingerprint density at radius 2 is 1.87 bits per heavy atom. The zero-order valence-electron chi connectivity index (χ0n) is 9.24. The molecule has 1 aromatic rings. The van der Waals surface area contributed by atoms with E-state index in [0.29, 0.717) is 6.42 Å². The minimum atomic E-state index is -0.297. The molecule has 0 bridgehead atoms. The molecule has 0 amide bonds. The van der Waals surface area contributed by atoms with E-state index in [1.807, 2.05) is 26.0 Å². The molecule has 0 radical (unpaired) electrons. The van der Waals surface area contributed by atoms with E-state index in [1.54, 1.807) is 7.11 Å². The number of aryl methyl sites for hydroxylation is 2. The van der Waals surface area contributed by atoms with Crippen LogP contribution in [0, 0.1) is 24.0 Å². The lowest BCUT2D eigenvalue weighted by atomic mass is 10.0.